The lowest BCUT2D eigenvalue weighted by Crippen LogP contribution is -1.96. The zero-order valence-electron chi connectivity index (χ0n) is 8.50. The van der Waals surface area contributed by atoms with Crippen LogP contribution < -0.4 is 0 Å². The first-order chi connectivity index (χ1) is 6.84. The summed E-state index contributed by atoms with van der Waals surface area (Å²) in [5, 5.41) is 0.544. The molecular formula is C11H16ClNO. The fourth-order valence-electron chi connectivity index (χ4n) is 1.16. The number of unbranched alkanes of at least 4 members (excludes halogenated alkanes) is 2. The van der Waals surface area contributed by atoms with Gasteiger partial charge in [0.15, 0.2) is 0 Å². The summed E-state index contributed by atoms with van der Waals surface area (Å²) in [5.74, 6) is 0. The molecule has 0 unspecified atom stereocenters. The maximum atomic E-state index is 5.87. The van der Waals surface area contributed by atoms with Crippen molar-refractivity contribution in [2.75, 3.05) is 6.61 Å². The molecule has 1 aromatic rings. The Labute approximate surface area is 90.3 Å². The highest BCUT2D eigenvalue weighted by molar-refractivity contribution is 6.30. The molecule has 0 fully saturated rings. The van der Waals surface area contributed by atoms with E-state index in [1.807, 2.05) is 12.1 Å². The number of hydrogen-bond acceptors (Lipinski definition) is 2. The van der Waals surface area contributed by atoms with Crippen molar-refractivity contribution in [1.29, 1.82) is 0 Å². The van der Waals surface area contributed by atoms with Gasteiger partial charge in [0.1, 0.15) is 5.15 Å². The Morgan fingerprint density at radius 3 is 3.00 bits per heavy atom. The zero-order chi connectivity index (χ0) is 10.2. The van der Waals surface area contributed by atoms with E-state index in [0.717, 1.165) is 18.6 Å². The van der Waals surface area contributed by atoms with E-state index >= 15 is 0 Å². The van der Waals surface area contributed by atoms with Crippen LogP contribution in [0.15, 0.2) is 18.3 Å². The van der Waals surface area contributed by atoms with Crippen LogP contribution in [0, 0.1) is 0 Å². The van der Waals surface area contributed by atoms with Crippen molar-refractivity contribution in [3.63, 3.8) is 0 Å². The minimum atomic E-state index is 0.544. The van der Waals surface area contributed by atoms with Crippen molar-refractivity contribution in [2.45, 2.75) is 32.8 Å². The van der Waals surface area contributed by atoms with Crippen molar-refractivity contribution in [2.24, 2.45) is 0 Å². The second-order valence-corrected chi connectivity index (χ2v) is 3.57. The molecule has 0 spiro atoms. The number of aromatic nitrogens is 1. The van der Waals surface area contributed by atoms with Gasteiger partial charge in [-0.2, -0.15) is 0 Å². The Morgan fingerprint density at radius 1 is 1.43 bits per heavy atom. The quantitative estimate of drug-likeness (QED) is 0.534. The van der Waals surface area contributed by atoms with Gasteiger partial charge in [-0.3, -0.25) is 0 Å². The number of hydrogen-bond donors (Lipinski definition) is 0. The fraction of sp³-hybridized carbons (Fsp3) is 0.545. The normalized spacial score (nSPS) is 10.4. The molecule has 0 saturated carbocycles. The second kappa shape index (κ2) is 6.80. The van der Waals surface area contributed by atoms with Gasteiger partial charge in [-0.15, -0.1) is 0 Å². The smallest absolute Gasteiger partial charge is 0.134 e. The van der Waals surface area contributed by atoms with E-state index in [9.17, 15) is 0 Å². The van der Waals surface area contributed by atoms with Gasteiger partial charge in [0, 0.05) is 18.4 Å². The highest BCUT2D eigenvalue weighted by Crippen LogP contribution is 2.12. The summed E-state index contributed by atoms with van der Waals surface area (Å²) >= 11 is 5.87. The third-order valence-corrected chi connectivity index (χ3v) is 2.33. The van der Waals surface area contributed by atoms with Gasteiger partial charge in [0.05, 0.1) is 6.61 Å². The molecule has 78 valence electrons. The van der Waals surface area contributed by atoms with Crippen molar-refractivity contribution in [3.8, 4) is 0 Å². The molecule has 0 N–H and O–H groups in total. The van der Waals surface area contributed by atoms with Gasteiger partial charge >= 0.3 is 0 Å². The van der Waals surface area contributed by atoms with Crippen LogP contribution in [0.4, 0.5) is 0 Å². The van der Waals surface area contributed by atoms with Crippen LogP contribution in [-0.2, 0) is 11.3 Å². The van der Waals surface area contributed by atoms with Crippen LogP contribution in [0.25, 0.3) is 0 Å². The summed E-state index contributed by atoms with van der Waals surface area (Å²) in [6, 6.07) is 3.81. The summed E-state index contributed by atoms with van der Waals surface area (Å²) in [5.41, 5.74) is 0.964. The van der Waals surface area contributed by atoms with E-state index in [2.05, 4.69) is 11.9 Å². The molecule has 0 aromatic carbocycles. The first kappa shape index (κ1) is 11.5. The predicted octanol–water partition coefficient (Wildman–Crippen LogP) is 3.44. The zero-order valence-corrected chi connectivity index (χ0v) is 9.26. The molecule has 0 radical (unpaired) electrons. The van der Waals surface area contributed by atoms with E-state index in [-0.39, 0.29) is 0 Å². The van der Waals surface area contributed by atoms with Crippen molar-refractivity contribution >= 4 is 11.6 Å². The molecule has 0 saturated heterocycles. The molecule has 2 nitrogen and oxygen atoms in total. The van der Waals surface area contributed by atoms with Gasteiger partial charge < -0.3 is 4.74 Å². The molecule has 0 aliphatic heterocycles. The highest BCUT2D eigenvalue weighted by atomic mass is 35.5. The van der Waals surface area contributed by atoms with Crippen LogP contribution in [0.2, 0.25) is 5.15 Å². The Balaban J connectivity index is 2.21. The molecule has 0 atom stereocenters. The van der Waals surface area contributed by atoms with Crippen molar-refractivity contribution in [3.05, 3.63) is 29.0 Å². The maximum absolute atomic E-state index is 5.87. The van der Waals surface area contributed by atoms with Crippen molar-refractivity contribution < 1.29 is 4.74 Å². The number of pyridine rings is 1. The standard InChI is InChI=1S/C11H16ClNO/c1-2-3-4-8-14-9-10-6-5-7-13-11(10)12/h5-7H,2-4,8-9H2,1H3. The maximum Gasteiger partial charge on any atom is 0.134 e. The van der Waals surface area contributed by atoms with E-state index in [1.165, 1.54) is 12.8 Å². The predicted molar refractivity (Wildman–Crippen MR) is 58.4 cm³/mol. The summed E-state index contributed by atoms with van der Waals surface area (Å²) in [7, 11) is 0. The summed E-state index contributed by atoms with van der Waals surface area (Å²) in [4.78, 5) is 3.98. The van der Waals surface area contributed by atoms with Crippen LogP contribution in [0.1, 0.15) is 31.7 Å². The Bertz CT molecular complexity index is 265. The monoisotopic (exact) mass is 213 g/mol. The molecule has 0 aliphatic carbocycles. The van der Waals surface area contributed by atoms with Gasteiger partial charge in [0.25, 0.3) is 0 Å². The van der Waals surface area contributed by atoms with Crippen molar-refractivity contribution in [1.82, 2.24) is 4.98 Å². The van der Waals surface area contributed by atoms with Crippen LogP contribution in [0.5, 0.6) is 0 Å². The van der Waals surface area contributed by atoms with E-state index < -0.39 is 0 Å². The minimum Gasteiger partial charge on any atom is -0.377 e. The molecular weight excluding hydrogens is 198 g/mol. The molecule has 14 heavy (non-hydrogen) atoms. The first-order valence-electron chi connectivity index (χ1n) is 5.01. The SMILES string of the molecule is CCCCCOCc1cccnc1Cl. The second-order valence-electron chi connectivity index (χ2n) is 3.21. The minimum absolute atomic E-state index is 0.544. The molecule has 3 heteroatoms. The van der Waals surface area contributed by atoms with E-state index in [1.54, 1.807) is 6.20 Å². The number of ether oxygens (including phenoxy) is 1. The van der Waals surface area contributed by atoms with Crippen LogP contribution in [-0.4, -0.2) is 11.6 Å². The molecule has 0 amide bonds. The number of rotatable bonds is 6. The van der Waals surface area contributed by atoms with E-state index in [4.69, 9.17) is 16.3 Å². The lowest BCUT2D eigenvalue weighted by molar-refractivity contribution is 0.117. The number of nitrogens with zero attached hydrogens (tertiary/aromatic N) is 1. The third kappa shape index (κ3) is 4.07. The first-order valence-corrected chi connectivity index (χ1v) is 5.39. The van der Waals surface area contributed by atoms with Gasteiger partial charge in [-0.25, -0.2) is 4.98 Å². The summed E-state index contributed by atoms with van der Waals surface area (Å²) in [6.07, 6.45) is 5.25. The molecule has 1 heterocycles. The highest BCUT2D eigenvalue weighted by Gasteiger charge is 1.99. The lowest BCUT2D eigenvalue weighted by atomic mass is 10.3. The third-order valence-electron chi connectivity index (χ3n) is 1.99. The topological polar surface area (TPSA) is 22.1 Å². The molecule has 0 aliphatic rings. The summed E-state index contributed by atoms with van der Waals surface area (Å²) in [6.45, 7) is 3.55. The van der Waals surface area contributed by atoms with Gasteiger partial charge in [-0.05, 0) is 12.5 Å². The van der Waals surface area contributed by atoms with Gasteiger partial charge in [0.2, 0.25) is 0 Å². The fourth-order valence-corrected chi connectivity index (χ4v) is 1.34. The van der Waals surface area contributed by atoms with E-state index in [0.29, 0.717) is 11.8 Å². The Kier molecular flexibility index (Phi) is 5.57. The average Bonchev–Trinajstić information content (AvgIpc) is 2.20. The molecule has 1 aromatic heterocycles. The van der Waals surface area contributed by atoms with Gasteiger partial charge in [-0.1, -0.05) is 37.4 Å². The summed E-state index contributed by atoms with van der Waals surface area (Å²) < 4.78 is 5.48. The largest absolute Gasteiger partial charge is 0.377 e. The van der Waals surface area contributed by atoms with Crippen LogP contribution in [0.3, 0.4) is 0 Å². The number of halogens is 1. The Hall–Kier alpha value is -0.600. The average molecular weight is 214 g/mol. The lowest BCUT2D eigenvalue weighted by Gasteiger charge is -2.04. The molecule has 1 rings (SSSR count). The molecule has 0 bridgehead atoms. The Morgan fingerprint density at radius 2 is 2.29 bits per heavy atom. The van der Waals surface area contributed by atoms with Crippen LogP contribution >= 0.6 is 11.6 Å².